The molecule has 1 saturated carbocycles. The molecule has 5 heteroatoms. The summed E-state index contributed by atoms with van der Waals surface area (Å²) in [7, 11) is 1.72. The van der Waals surface area contributed by atoms with Gasteiger partial charge in [-0.1, -0.05) is 0 Å². The van der Waals surface area contributed by atoms with Gasteiger partial charge in [-0.25, -0.2) is 4.79 Å². The number of methoxy groups -OCH3 is 1. The minimum Gasteiger partial charge on any atom is -0.444 e. The summed E-state index contributed by atoms with van der Waals surface area (Å²) in [5.74, 6) is 0.649. The van der Waals surface area contributed by atoms with Crippen molar-refractivity contribution in [2.75, 3.05) is 13.7 Å². The fourth-order valence-electron chi connectivity index (χ4n) is 2.05. The quantitative estimate of drug-likeness (QED) is 0.754. The van der Waals surface area contributed by atoms with Gasteiger partial charge >= 0.3 is 6.09 Å². The van der Waals surface area contributed by atoms with Gasteiger partial charge in [0.15, 0.2) is 0 Å². The lowest BCUT2D eigenvalue weighted by atomic mass is 10.1. The van der Waals surface area contributed by atoms with Crippen molar-refractivity contribution in [3.05, 3.63) is 0 Å². The van der Waals surface area contributed by atoms with E-state index in [4.69, 9.17) is 9.47 Å². The van der Waals surface area contributed by atoms with Crippen LogP contribution in [-0.4, -0.2) is 43.5 Å². The highest BCUT2D eigenvalue weighted by atomic mass is 16.6. The predicted molar refractivity (Wildman–Crippen MR) is 79.8 cm³/mol. The van der Waals surface area contributed by atoms with Crippen LogP contribution < -0.4 is 10.6 Å². The van der Waals surface area contributed by atoms with E-state index in [1.54, 1.807) is 7.11 Å². The summed E-state index contributed by atoms with van der Waals surface area (Å²) in [4.78, 5) is 11.7. The second kappa shape index (κ2) is 7.27. The van der Waals surface area contributed by atoms with Crippen LogP contribution in [0.15, 0.2) is 0 Å². The molecule has 1 aliphatic carbocycles. The third-order valence-corrected chi connectivity index (χ3v) is 3.61. The van der Waals surface area contributed by atoms with Gasteiger partial charge in [-0.3, -0.25) is 0 Å². The zero-order chi connectivity index (χ0) is 15.3. The van der Waals surface area contributed by atoms with Gasteiger partial charge in [-0.15, -0.1) is 0 Å². The number of carbonyl (C=O) groups excluding carboxylic acids is 1. The van der Waals surface area contributed by atoms with Crippen molar-refractivity contribution in [3.8, 4) is 0 Å². The van der Waals surface area contributed by atoms with Gasteiger partial charge in [0.1, 0.15) is 5.60 Å². The largest absolute Gasteiger partial charge is 0.444 e. The minimum absolute atomic E-state index is 0.151. The maximum absolute atomic E-state index is 11.7. The molecule has 20 heavy (non-hydrogen) atoms. The molecule has 118 valence electrons. The number of ether oxygens (including phenoxy) is 2. The molecule has 0 aromatic heterocycles. The van der Waals surface area contributed by atoms with Gasteiger partial charge in [0, 0.05) is 25.7 Å². The van der Waals surface area contributed by atoms with E-state index in [9.17, 15) is 4.79 Å². The topological polar surface area (TPSA) is 59.6 Å². The van der Waals surface area contributed by atoms with E-state index < -0.39 is 5.60 Å². The number of amides is 1. The van der Waals surface area contributed by atoms with E-state index in [0.717, 1.165) is 0 Å². The van der Waals surface area contributed by atoms with Crippen molar-refractivity contribution in [1.29, 1.82) is 0 Å². The van der Waals surface area contributed by atoms with Crippen molar-refractivity contribution in [3.63, 3.8) is 0 Å². The average molecular weight is 286 g/mol. The van der Waals surface area contributed by atoms with E-state index in [-0.39, 0.29) is 24.3 Å². The molecular weight excluding hydrogens is 256 g/mol. The Balaban J connectivity index is 2.38. The number of nitrogens with one attached hydrogen (secondary N) is 2. The van der Waals surface area contributed by atoms with Gasteiger partial charge in [0.2, 0.25) is 0 Å². The number of hydrogen-bond donors (Lipinski definition) is 2. The van der Waals surface area contributed by atoms with Crippen molar-refractivity contribution in [2.45, 2.75) is 71.2 Å². The lowest BCUT2D eigenvalue weighted by Gasteiger charge is -2.27. The summed E-state index contributed by atoms with van der Waals surface area (Å²) >= 11 is 0. The molecule has 0 aliphatic heterocycles. The highest BCUT2D eigenvalue weighted by molar-refractivity contribution is 5.67. The smallest absolute Gasteiger partial charge is 0.407 e. The van der Waals surface area contributed by atoms with E-state index in [1.807, 2.05) is 27.7 Å². The highest BCUT2D eigenvalue weighted by Gasteiger charge is 2.33. The van der Waals surface area contributed by atoms with Crippen LogP contribution in [0.5, 0.6) is 0 Å². The summed E-state index contributed by atoms with van der Waals surface area (Å²) in [5, 5.41) is 6.41. The molecular formula is C15H30N2O3. The van der Waals surface area contributed by atoms with E-state index in [0.29, 0.717) is 12.5 Å². The molecule has 0 bridgehead atoms. The predicted octanol–water partition coefficient (Wildman–Crippen LogP) is 2.30. The molecule has 1 fully saturated rings. The van der Waals surface area contributed by atoms with Crippen LogP contribution in [0.3, 0.4) is 0 Å². The van der Waals surface area contributed by atoms with Gasteiger partial charge in [0.25, 0.3) is 0 Å². The normalized spacial score (nSPS) is 20.1. The Labute approximate surface area is 122 Å². The van der Waals surface area contributed by atoms with Gasteiger partial charge < -0.3 is 20.1 Å². The monoisotopic (exact) mass is 286 g/mol. The molecule has 1 amide bonds. The van der Waals surface area contributed by atoms with E-state index in [1.165, 1.54) is 12.8 Å². The van der Waals surface area contributed by atoms with Crippen LogP contribution in [0.25, 0.3) is 0 Å². The summed E-state index contributed by atoms with van der Waals surface area (Å²) < 4.78 is 10.6. The van der Waals surface area contributed by atoms with Crippen LogP contribution in [-0.2, 0) is 9.47 Å². The first-order valence-electron chi connectivity index (χ1n) is 7.48. The third-order valence-electron chi connectivity index (χ3n) is 3.61. The molecule has 0 radical (unpaired) electrons. The summed E-state index contributed by atoms with van der Waals surface area (Å²) in [6.45, 7) is 10.4. The van der Waals surface area contributed by atoms with Crippen LogP contribution >= 0.6 is 0 Å². The second-order valence-electron chi connectivity index (χ2n) is 6.72. The van der Waals surface area contributed by atoms with E-state index >= 15 is 0 Å². The number of alkyl carbamates (subject to hydrolysis) is 1. The first-order chi connectivity index (χ1) is 9.23. The zero-order valence-electron chi connectivity index (χ0n) is 13.7. The fraction of sp³-hybridized carbons (Fsp3) is 0.933. The highest BCUT2D eigenvalue weighted by Crippen LogP contribution is 2.32. The number of rotatable bonds is 7. The minimum atomic E-state index is -0.454. The molecule has 3 unspecified atom stereocenters. The first-order valence-corrected chi connectivity index (χ1v) is 7.48. The molecule has 0 heterocycles. The Kier molecular flexibility index (Phi) is 6.27. The SMILES string of the molecule is COC(C)C(C)NC(CNC(=O)OC(C)(C)C)C1CC1. The van der Waals surface area contributed by atoms with Gasteiger partial charge in [-0.2, -0.15) is 0 Å². The molecule has 0 aromatic carbocycles. The molecule has 0 aromatic rings. The summed E-state index contributed by atoms with van der Waals surface area (Å²) in [6.07, 6.45) is 2.25. The van der Waals surface area contributed by atoms with Crippen LogP contribution in [0, 0.1) is 5.92 Å². The Bertz CT molecular complexity index is 311. The zero-order valence-corrected chi connectivity index (χ0v) is 13.7. The summed E-state index contributed by atoms with van der Waals surface area (Å²) in [5.41, 5.74) is -0.454. The molecule has 2 N–H and O–H groups in total. The Morgan fingerprint density at radius 1 is 1.30 bits per heavy atom. The lowest BCUT2D eigenvalue weighted by Crippen LogP contribution is -2.50. The maximum Gasteiger partial charge on any atom is 0.407 e. The van der Waals surface area contributed by atoms with Crippen molar-refractivity contribution in [1.82, 2.24) is 10.6 Å². The third kappa shape index (κ3) is 6.57. The van der Waals surface area contributed by atoms with Crippen molar-refractivity contribution < 1.29 is 14.3 Å². The Morgan fingerprint density at radius 3 is 2.35 bits per heavy atom. The molecule has 1 rings (SSSR count). The molecule has 0 spiro atoms. The number of carbonyl (C=O) groups is 1. The van der Waals surface area contributed by atoms with Crippen LogP contribution in [0.4, 0.5) is 4.79 Å². The Hall–Kier alpha value is -0.810. The van der Waals surface area contributed by atoms with E-state index in [2.05, 4.69) is 17.6 Å². The lowest BCUT2D eigenvalue weighted by molar-refractivity contribution is 0.0513. The molecule has 3 atom stereocenters. The molecule has 5 nitrogen and oxygen atoms in total. The fourth-order valence-corrected chi connectivity index (χ4v) is 2.05. The Morgan fingerprint density at radius 2 is 1.90 bits per heavy atom. The van der Waals surface area contributed by atoms with Crippen molar-refractivity contribution >= 4 is 6.09 Å². The number of hydrogen-bond acceptors (Lipinski definition) is 4. The molecule has 1 aliphatic rings. The molecule has 0 saturated heterocycles. The van der Waals surface area contributed by atoms with Gasteiger partial charge in [-0.05, 0) is 53.4 Å². The van der Waals surface area contributed by atoms with Crippen LogP contribution in [0.1, 0.15) is 47.5 Å². The second-order valence-corrected chi connectivity index (χ2v) is 6.72. The average Bonchev–Trinajstić information content (AvgIpc) is 3.14. The maximum atomic E-state index is 11.7. The van der Waals surface area contributed by atoms with Gasteiger partial charge in [0.05, 0.1) is 6.10 Å². The summed E-state index contributed by atoms with van der Waals surface area (Å²) in [6, 6.07) is 0.543. The van der Waals surface area contributed by atoms with Crippen LogP contribution in [0.2, 0.25) is 0 Å². The first kappa shape index (κ1) is 17.2. The van der Waals surface area contributed by atoms with Crippen molar-refractivity contribution in [2.24, 2.45) is 5.92 Å². The standard InChI is InChI=1S/C15H30N2O3/c1-10(11(2)19-6)17-13(12-7-8-12)9-16-14(18)20-15(3,4)5/h10-13,17H,7-9H2,1-6H3,(H,16,18).